The molecule has 2 N–H and O–H groups in total. The lowest BCUT2D eigenvalue weighted by atomic mass is 10.1. The maximum atomic E-state index is 12.4. The van der Waals surface area contributed by atoms with Crippen molar-refractivity contribution < 1.29 is 4.79 Å². The van der Waals surface area contributed by atoms with E-state index in [9.17, 15) is 4.79 Å². The number of nitrogens with zero attached hydrogens (tertiary/aromatic N) is 1. The van der Waals surface area contributed by atoms with Gasteiger partial charge in [-0.25, -0.2) is 0 Å². The van der Waals surface area contributed by atoms with E-state index in [1.165, 1.54) is 0 Å². The molecular weight excluding hydrogens is 316 g/mol. The lowest BCUT2D eigenvalue weighted by Gasteiger charge is -2.18. The Labute approximate surface area is 127 Å². The smallest absolute Gasteiger partial charge is 0.255 e. The normalized spacial score (nSPS) is 10.3. The van der Waals surface area contributed by atoms with Crippen LogP contribution >= 0.6 is 15.9 Å². The molecule has 2 aromatic carbocycles. The Balaban J connectivity index is 2.14. The van der Waals surface area contributed by atoms with Crippen molar-refractivity contribution in [3.63, 3.8) is 0 Å². The minimum absolute atomic E-state index is 0.0644. The fraction of sp³-hybridized carbons (Fsp3) is 0.188. The van der Waals surface area contributed by atoms with Crippen molar-refractivity contribution in [1.82, 2.24) is 4.90 Å². The number of hydrogen-bond donors (Lipinski definition) is 1. The van der Waals surface area contributed by atoms with Crippen LogP contribution in [-0.4, -0.2) is 17.9 Å². The van der Waals surface area contributed by atoms with Crippen LogP contribution in [0.4, 0.5) is 5.69 Å². The zero-order chi connectivity index (χ0) is 14.7. The summed E-state index contributed by atoms with van der Waals surface area (Å²) in [6, 6.07) is 13.4. The van der Waals surface area contributed by atoms with Crippen LogP contribution in [-0.2, 0) is 6.54 Å². The molecule has 0 unspecified atom stereocenters. The Hall–Kier alpha value is -1.81. The lowest BCUT2D eigenvalue weighted by Crippen LogP contribution is -2.27. The van der Waals surface area contributed by atoms with Gasteiger partial charge in [0.15, 0.2) is 0 Å². The van der Waals surface area contributed by atoms with Gasteiger partial charge in [0.25, 0.3) is 5.91 Å². The van der Waals surface area contributed by atoms with Crippen LogP contribution in [0.3, 0.4) is 0 Å². The summed E-state index contributed by atoms with van der Waals surface area (Å²) < 4.78 is 1.03. The summed E-state index contributed by atoms with van der Waals surface area (Å²) in [6.07, 6.45) is 0. The van der Waals surface area contributed by atoms with E-state index in [0.29, 0.717) is 17.8 Å². The van der Waals surface area contributed by atoms with Crippen LogP contribution in [0.5, 0.6) is 0 Å². The zero-order valence-corrected chi connectivity index (χ0v) is 13.1. The van der Waals surface area contributed by atoms with Crippen LogP contribution < -0.4 is 5.73 Å². The number of hydrogen-bond acceptors (Lipinski definition) is 2. The van der Waals surface area contributed by atoms with Crippen LogP contribution in [0.25, 0.3) is 0 Å². The number of halogens is 1. The molecule has 0 bridgehead atoms. The van der Waals surface area contributed by atoms with Crippen molar-refractivity contribution in [1.29, 1.82) is 0 Å². The fourth-order valence-electron chi connectivity index (χ4n) is 2.02. The van der Waals surface area contributed by atoms with Gasteiger partial charge < -0.3 is 10.6 Å². The van der Waals surface area contributed by atoms with E-state index < -0.39 is 0 Å². The molecule has 0 radical (unpaired) electrons. The number of amides is 1. The van der Waals surface area contributed by atoms with Gasteiger partial charge in [-0.2, -0.15) is 0 Å². The van der Waals surface area contributed by atoms with Crippen LogP contribution in [0.2, 0.25) is 0 Å². The summed E-state index contributed by atoms with van der Waals surface area (Å²) in [5, 5.41) is 0. The quantitative estimate of drug-likeness (QED) is 0.872. The first-order chi connectivity index (χ1) is 9.47. The van der Waals surface area contributed by atoms with Crippen molar-refractivity contribution in [2.75, 3.05) is 12.8 Å². The molecule has 104 valence electrons. The molecule has 3 nitrogen and oxygen atoms in total. The summed E-state index contributed by atoms with van der Waals surface area (Å²) in [5.41, 5.74) is 9.13. The number of nitrogen functional groups attached to an aromatic ring is 1. The van der Waals surface area contributed by atoms with Crippen molar-refractivity contribution in [3.05, 3.63) is 63.6 Å². The van der Waals surface area contributed by atoms with Gasteiger partial charge in [0.05, 0.1) is 5.56 Å². The molecule has 0 aromatic heterocycles. The van der Waals surface area contributed by atoms with Gasteiger partial charge in [-0.15, -0.1) is 0 Å². The average molecular weight is 333 g/mol. The van der Waals surface area contributed by atoms with Crippen molar-refractivity contribution in [2.24, 2.45) is 0 Å². The molecule has 0 heterocycles. The third kappa shape index (κ3) is 3.39. The minimum Gasteiger partial charge on any atom is -0.398 e. The Bertz CT molecular complexity index is 623. The molecule has 0 saturated carbocycles. The predicted octanol–water partition coefficient (Wildman–Crippen LogP) is 3.61. The summed E-state index contributed by atoms with van der Waals surface area (Å²) in [5.74, 6) is -0.0644. The van der Waals surface area contributed by atoms with Crippen LogP contribution in [0.15, 0.2) is 46.9 Å². The highest BCUT2D eigenvalue weighted by Gasteiger charge is 2.14. The molecule has 0 aliphatic heterocycles. The second-order valence-corrected chi connectivity index (χ2v) is 5.79. The summed E-state index contributed by atoms with van der Waals surface area (Å²) >= 11 is 3.40. The standard InChI is InChI=1S/C16H17BrN2O/c1-11-3-8-14(15(18)9-11)16(20)19(2)10-12-4-6-13(17)7-5-12/h3-9H,10,18H2,1-2H3. The maximum absolute atomic E-state index is 12.4. The fourth-order valence-corrected chi connectivity index (χ4v) is 2.28. The molecule has 4 heteroatoms. The molecule has 2 aromatic rings. The van der Waals surface area contributed by atoms with E-state index in [0.717, 1.165) is 15.6 Å². The molecular formula is C16H17BrN2O. The van der Waals surface area contributed by atoms with Gasteiger partial charge in [-0.3, -0.25) is 4.79 Å². The van der Waals surface area contributed by atoms with E-state index in [1.807, 2.05) is 43.3 Å². The predicted molar refractivity (Wildman–Crippen MR) is 85.5 cm³/mol. The molecule has 0 saturated heterocycles. The van der Waals surface area contributed by atoms with Crippen LogP contribution in [0.1, 0.15) is 21.5 Å². The first-order valence-electron chi connectivity index (χ1n) is 6.33. The number of rotatable bonds is 3. The minimum atomic E-state index is -0.0644. The molecule has 0 atom stereocenters. The highest BCUT2D eigenvalue weighted by atomic mass is 79.9. The van der Waals surface area contributed by atoms with Gasteiger partial charge in [0.2, 0.25) is 0 Å². The van der Waals surface area contributed by atoms with E-state index in [1.54, 1.807) is 18.0 Å². The lowest BCUT2D eigenvalue weighted by molar-refractivity contribution is 0.0786. The number of anilines is 1. The third-order valence-corrected chi connectivity index (χ3v) is 3.65. The molecule has 20 heavy (non-hydrogen) atoms. The molecule has 0 aliphatic carbocycles. The SMILES string of the molecule is Cc1ccc(C(=O)N(C)Cc2ccc(Br)cc2)c(N)c1. The number of benzene rings is 2. The number of aryl methyl sites for hydroxylation is 1. The van der Waals surface area contributed by atoms with E-state index in [4.69, 9.17) is 5.73 Å². The number of carbonyl (C=O) groups excluding carboxylic acids is 1. The van der Waals surface area contributed by atoms with Gasteiger partial charge in [-0.1, -0.05) is 34.1 Å². The largest absolute Gasteiger partial charge is 0.398 e. The van der Waals surface area contributed by atoms with Gasteiger partial charge in [0.1, 0.15) is 0 Å². The van der Waals surface area contributed by atoms with Crippen LogP contribution in [0, 0.1) is 6.92 Å². The van der Waals surface area contributed by atoms with E-state index >= 15 is 0 Å². The van der Waals surface area contributed by atoms with Gasteiger partial charge in [0, 0.05) is 23.8 Å². The summed E-state index contributed by atoms with van der Waals surface area (Å²) in [4.78, 5) is 14.1. The number of nitrogens with two attached hydrogens (primary N) is 1. The Morgan fingerprint density at radius 1 is 1.20 bits per heavy atom. The van der Waals surface area contributed by atoms with E-state index in [2.05, 4.69) is 15.9 Å². The molecule has 1 amide bonds. The summed E-state index contributed by atoms with van der Waals surface area (Å²) in [6.45, 7) is 2.51. The Morgan fingerprint density at radius 3 is 2.45 bits per heavy atom. The Morgan fingerprint density at radius 2 is 1.85 bits per heavy atom. The van der Waals surface area contributed by atoms with Crippen molar-refractivity contribution in [3.8, 4) is 0 Å². The topological polar surface area (TPSA) is 46.3 Å². The zero-order valence-electron chi connectivity index (χ0n) is 11.6. The monoisotopic (exact) mass is 332 g/mol. The Kier molecular flexibility index (Phi) is 4.45. The van der Waals surface area contributed by atoms with E-state index in [-0.39, 0.29) is 5.91 Å². The molecule has 2 rings (SSSR count). The van der Waals surface area contributed by atoms with Gasteiger partial charge >= 0.3 is 0 Å². The summed E-state index contributed by atoms with van der Waals surface area (Å²) in [7, 11) is 1.78. The number of carbonyl (C=O) groups is 1. The highest BCUT2D eigenvalue weighted by Crippen LogP contribution is 2.17. The molecule has 0 spiro atoms. The second kappa shape index (κ2) is 6.09. The molecule has 0 aliphatic rings. The van der Waals surface area contributed by atoms with Crippen molar-refractivity contribution >= 4 is 27.5 Å². The second-order valence-electron chi connectivity index (χ2n) is 4.88. The first-order valence-corrected chi connectivity index (χ1v) is 7.12. The van der Waals surface area contributed by atoms with Gasteiger partial charge in [-0.05, 0) is 42.3 Å². The molecule has 0 fully saturated rings. The maximum Gasteiger partial charge on any atom is 0.255 e. The highest BCUT2D eigenvalue weighted by molar-refractivity contribution is 9.10. The third-order valence-electron chi connectivity index (χ3n) is 3.12. The first kappa shape index (κ1) is 14.6. The van der Waals surface area contributed by atoms with Crippen molar-refractivity contribution in [2.45, 2.75) is 13.5 Å². The average Bonchev–Trinajstić information content (AvgIpc) is 2.40.